The molecule has 3 heterocycles. The molecule has 0 fully saturated rings. The number of pyridine rings is 1. The summed E-state index contributed by atoms with van der Waals surface area (Å²) in [6.07, 6.45) is 1.66. The van der Waals surface area contributed by atoms with Gasteiger partial charge in [0.1, 0.15) is 17.7 Å². The number of hydrogen-bond acceptors (Lipinski definition) is 5. The van der Waals surface area contributed by atoms with Crippen LogP contribution in [0.5, 0.6) is 5.88 Å². The maximum atomic E-state index is 5.96. The first-order chi connectivity index (χ1) is 9.71. The van der Waals surface area contributed by atoms with Crippen LogP contribution in [-0.4, -0.2) is 36.4 Å². The molecule has 104 valence electrons. The summed E-state index contributed by atoms with van der Waals surface area (Å²) in [5.74, 6) is 2.25. The smallest absolute Gasteiger partial charge is 0.215 e. The van der Waals surface area contributed by atoms with Gasteiger partial charge in [0.2, 0.25) is 5.88 Å². The van der Waals surface area contributed by atoms with Crippen molar-refractivity contribution >= 4 is 22.8 Å². The van der Waals surface area contributed by atoms with Crippen LogP contribution in [0, 0.1) is 0 Å². The molecule has 3 aromatic rings. The van der Waals surface area contributed by atoms with Crippen molar-refractivity contribution in [1.82, 2.24) is 29.3 Å². The Kier molecular flexibility index (Phi) is 3.27. The Morgan fingerprint density at radius 1 is 1.30 bits per heavy atom. The van der Waals surface area contributed by atoms with Gasteiger partial charge in [0.05, 0.1) is 19.5 Å². The van der Waals surface area contributed by atoms with Crippen LogP contribution < -0.4 is 4.74 Å². The molecule has 0 amide bonds. The molecule has 0 bridgehead atoms. The molecule has 3 aromatic heterocycles. The molecule has 8 heteroatoms. The molecule has 7 nitrogen and oxygen atoms in total. The van der Waals surface area contributed by atoms with Gasteiger partial charge < -0.3 is 9.30 Å². The average molecular weight is 293 g/mol. The zero-order valence-corrected chi connectivity index (χ0v) is 11.9. The van der Waals surface area contributed by atoms with E-state index in [0.717, 1.165) is 11.3 Å². The Labute approximate surface area is 120 Å². The Hall–Kier alpha value is -2.15. The van der Waals surface area contributed by atoms with Crippen molar-refractivity contribution in [3.8, 4) is 5.88 Å². The van der Waals surface area contributed by atoms with Gasteiger partial charge in [-0.2, -0.15) is 10.1 Å². The fourth-order valence-electron chi connectivity index (χ4n) is 2.01. The van der Waals surface area contributed by atoms with E-state index < -0.39 is 0 Å². The average Bonchev–Trinajstić information content (AvgIpc) is 3.03. The van der Waals surface area contributed by atoms with Crippen LogP contribution in [0.3, 0.4) is 0 Å². The molecule has 0 atom stereocenters. The van der Waals surface area contributed by atoms with E-state index in [4.69, 9.17) is 16.3 Å². The van der Waals surface area contributed by atoms with Crippen LogP contribution in [-0.2, 0) is 19.5 Å². The fourth-order valence-corrected chi connectivity index (χ4v) is 2.21. The number of nitrogens with zero attached hydrogens (tertiary/aromatic N) is 6. The van der Waals surface area contributed by atoms with E-state index in [1.807, 2.05) is 17.7 Å². The number of ether oxygens (including phenoxy) is 1. The van der Waals surface area contributed by atoms with Crippen LogP contribution in [0.15, 0.2) is 18.5 Å². The molecule has 0 aliphatic heterocycles. The molecule has 0 aliphatic rings. The van der Waals surface area contributed by atoms with E-state index in [0.29, 0.717) is 29.8 Å². The minimum absolute atomic E-state index is 0.297. The molecular weight excluding hydrogens is 280 g/mol. The second kappa shape index (κ2) is 5.09. The number of halogens is 1. The summed E-state index contributed by atoms with van der Waals surface area (Å²) in [5.41, 5.74) is 1.49. The van der Waals surface area contributed by atoms with Crippen LogP contribution in [0.25, 0.3) is 11.2 Å². The lowest BCUT2D eigenvalue weighted by Gasteiger charge is -2.04. The Bertz CT molecular complexity index is 750. The lowest BCUT2D eigenvalue weighted by atomic mass is 10.4. The van der Waals surface area contributed by atoms with E-state index >= 15 is 0 Å². The maximum absolute atomic E-state index is 5.96. The maximum Gasteiger partial charge on any atom is 0.215 e. The summed E-state index contributed by atoms with van der Waals surface area (Å²) in [4.78, 5) is 13.1. The zero-order valence-electron chi connectivity index (χ0n) is 11.1. The quantitative estimate of drug-likeness (QED) is 0.679. The summed E-state index contributed by atoms with van der Waals surface area (Å²) in [5, 5.41) is 4.27. The van der Waals surface area contributed by atoms with Gasteiger partial charge in [-0.15, -0.1) is 11.6 Å². The van der Waals surface area contributed by atoms with Gasteiger partial charge in [-0.3, -0.25) is 4.68 Å². The van der Waals surface area contributed by atoms with E-state index in [1.54, 1.807) is 24.2 Å². The monoisotopic (exact) mass is 292 g/mol. The third-order valence-corrected chi connectivity index (χ3v) is 3.16. The lowest BCUT2D eigenvalue weighted by Crippen LogP contribution is -2.07. The highest BCUT2D eigenvalue weighted by Crippen LogP contribution is 2.19. The van der Waals surface area contributed by atoms with Crippen molar-refractivity contribution in [2.45, 2.75) is 12.4 Å². The lowest BCUT2D eigenvalue weighted by molar-refractivity contribution is 0.399. The van der Waals surface area contributed by atoms with Gasteiger partial charge in [0.15, 0.2) is 11.5 Å². The summed E-state index contributed by atoms with van der Waals surface area (Å²) < 4.78 is 8.71. The molecule has 0 aromatic carbocycles. The number of aromatic nitrogens is 6. The highest BCUT2D eigenvalue weighted by atomic mass is 35.5. The minimum atomic E-state index is 0.297. The Morgan fingerprint density at radius 2 is 2.15 bits per heavy atom. The number of alkyl halides is 1. The molecule has 3 rings (SSSR count). The second-order valence-corrected chi connectivity index (χ2v) is 4.55. The summed E-state index contributed by atoms with van der Waals surface area (Å²) in [6, 6.07) is 3.64. The summed E-state index contributed by atoms with van der Waals surface area (Å²) in [6.45, 7) is 0.472. The first kappa shape index (κ1) is 12.9. The van der Waals surface area contributed by atoms with Crippen LogP contribution in [0.4, 0.5) is 0 Å². The number of fused-ring (bicyclic) bond motifs is 1. The van der Waals surface area contributed by atoms with Crippen LogP contribution in [0.2, 0.25) is 0 Å². The van der Waals surface area contributed by atoms with Gasteiger partial charge in [-0.05, 0) is 6.07 Å². The number of imidazole rings is 1. The summed E-state index contributed by atoms with van der Waals surface area (Å²) in [7, 11) is 3.41. The Morgan fingerprint density at radius 3 is 2.80 bits per heavy atom. The summed E-state index contributed by atoms with van der Waals surface area (Å²) >= 11 is 5.96. The van der Waals surface area contributed by atoms with Crippen molar-refractivity contribution in [2.24, 2.45) is 7.05 Å². The number of hydrogen-bond donors (Lipinski definition) is 0. The molecule has 0 saturated heterocycles. The highest BCUT2D eigenvalue weighted by Gasteiger charge is 2.14. The van der Waals surface area contributed by atoms with E-state index in [1.165, 1.54) is 0 Å². The predicted molar refractivity (Wildman–Crippen MR) is 73.7 cm³/mol. The van der Waals surface area contributed by atoms with Crippen molar-refractivity contribution < 1.29 is 4.74 Å². The third kappa shape index (κ3) is 2.20. The first-order valence-corrected chi connectivity index (χ1v) is 6.55. The van der Waals surface area contributed by atoms with E-state index in [9.17, 15) is 0 Å². The van der Waals surface area contributed by atoms with Gasteiger partial charge in [-0.1, -0.05) is 0 Å². The first-order valence-electron chi connectivity index (χ1n) is 6.02. The number of aryl methyl sites for hydroxylation is 1. The van der Waals surface area contributed by atoms with Gasteiger partial charge >= 0.3 is 0 Å². The molecule has 0 unspecified atom stereocenters. The third-order valence-electron chi connectivity index (χ3n) is 2.92. The van der Waals surface area contributed by atoms with E-state index in [2.05, 4.69) is 20.1 Å². The second-order valence-electron chi connectivity index (χ2n) is 4.28. The van der Waals surface area contributed by atoms with Crippen molar-refractivity contribution in [1.29, 1.82) is 0 Å². The molecule has 0 saturated carbocycles. The molecule has 0 N–H and O–H groups in total. The minimum Gasteiger partial charge on any atom is -0.481 e. The highest BCUT2D eigenvalue weighted by molar-refractivity contribution is 6.16. The largest absolute Gasteiger partial charge is 0.481 e. The molecule has 0 spiro atoms. The number of methoxy groups -OCH3 is 1. The van der Waals surface area contributed by atoms with Gasteiger partial charge in [0, 0.05) is 13.1 Å². The van der Waals surface area contributed by atoms with Gasteiger partial charge in [0.25, 0.3) is 0 Å². The van der Waals surface area contributed by atoms with Crippen LogP contribution in [0.1, 0.15) is 11.6 Å². The standard InChI is InChI=1S/C12H13ClN6O/c1-18-7-14-9(17-18)6-19-10(5-13)15-8-3-4-11(20-2)16-12(8)19/h3-4,7H,5-6H2,1-2H3. The topological polar surface area (TPSA) is 70.7 Å². The molecule has 0 aliphatic carbocycles. The van der Waals surface area contributed by atoms with Crippen molar-refractivity contribution in [3.63, 3.8) is 0 Å². The molecule has 0 radical (unpaired) electrons. The Balaban J connectivity index is 2.10. The van der Waals surface area contributed by atoms with E-state index in [-0.39, 0.29) is 0 Å². The SMILES string of the molecule is COc1ccc2nc(CCl)n(Cc3ncn(C)n3)c2n1. The predicted octanol–water partition coefficient (Wildman–Crippen LogP) is 1.36. The molecular formula is C12H13ClN6O. The molecule has 20 heavy (non-hydrogen) atoms. The zero-order chi connectivity index (χ0) is 14.1. The normalized spacial score (nSPS) is 11.2. The van der Waals surface area contributed by atoms with Crippen molar-refractivity contribution in [3.05, 3.63) is 30.1 Å². The fraction of sp³-hybridized carbons (Fsp3) is 0.333. The van der Waals surface area contributed by atoms with Crippen molar-refractivity contribution in [2.75, 3.05) is 7.11 Å². The van der Waals surface area contributed by atoms with Gasteiger partial charge in [-0.25, -0.2) is 9.97 Å². The van der Waals surface area contributed by atoms with Crippen LogP contribution >= 0.6 is 11.6 Å². The number of rotatable bonds is 4.